The first-order chi connectivity index (χ1) is 8.83. The third-order valence-corrected chi connectivity index (χ3v) is 2.68. The van der Waals surface area contributed by atoms with E-state index in [-0.39, 0.29) is 12.4 Å². The Morgan fingerprint density at radius 2 is 1.95 bits per heavy atom. The Kier molecular flexibility index (Phi) is 4.80. The van der Waals surface area contributed by atoms with Gasteiger partial charge in [0, 0.05) is 24.1 Å². The molecular weight excluding hydrogens is 249 g/mol. The summed E-state index contributed by atoms with van der Waals surface area (Å²) in [7, 11) is 0. The van der Waals surface area contributed by atoms with Crippen LogP contribution in [0.1, 0.15) is 19.4 Å². The molecule has 0 unspecified atom stereocenters. The molecule has 0 saturated heterocycles. The second kappa shape index (κ2) is 6.13. The van der Waals surface area contributed by atoms with Gasteiger partial charge in [0.25, 0.3) is 0 Å². The third kappa shape index (κ3) is 4.54. The molecule has 0 aromatic heterocycles. The number of carbonyl (C=O) groups excluding carboxylic acids is 1. The monoisotopic (exact) mass is 265 g/mol. The SMILES string of the molecule is CC(C)(CNC(=O)/C=C/C(=O)O)c1ccccc1F. The lowest BCUT2D eigenvalue weighted by Gasteiger charge is -2.25. The highest BCUT2D eigenvalue weighted by atomic mass is 19.1. The van der Waals surface area contributed by atoms with E-state index in [1.165, 1.54) is 6.07 Å². The predicted octanol–water partition coefficient (Wildman–Crippen LogP) is 1.86. The van der Waals surface area contributed by atoms with Crippen molar-refractivity contribution < 1.29 is 19.1 Å². The fraction of sp³-hybridized carbons (Fsp3) is 0.286. The van der Waals surface area contributed by atoms with Crippen molar-refractivity contribution in [3.63, 3.8) is 0 Å². The Bertz CT molecular complexity index is 509. The molecule has 0 aliphatic carbocycles. The van der Waals surface area contributed by atoms with Gasteiger partial charge in [0.15, 0.2) is 0 Å². The van der Waals surface area contributed by atoms with Crippen molar-refractivity contribution in [2.75, 3.05) is 6.54 Å². The number of nitrogens with one attached hydrogen (secondary N) is 1. The largest absolute Gasteiger partial charge is 0.478 e. The molecule has 2 N–H and O–H groups in total. The van der Waals surface area contributed by atoms with Crippen molar-refractivity contribution >= 4 is 11.9 Å². The van der Waals surface area contributed by atoms with Crippen LogP contribution in [0.25, 0.3) is 0 Å². The molecule has 0 heterocycles. The van der Waals surface area contributed by atoms with Crippen LogP contribution in [0.3, 0.4) is 0 Å². The molecule has 1 aromatic carbocycles. The molecule has 1 amide bonds. The molecule has 0 radical (unpaired) electrons. The molecular formula is C14H16FNO3. The second-order valence-corrected chi connectivity index (χ2v) is 4.75. The zero-order chi connectivity index (χ0) is 14.5. The fourth-order valence-corrected chi connectivity index (χ4v) is 1.62. The van der Waals surface area contributed by atoms with Crippen molar-refractivity contribution in [3.05, 3.63) is 47.8 Å². The highest BCUT2D eigenvalue weighted by Gasteiger charge is 2.24. The highest BCUT2D eigenvalue weighted by molar-refractivity contribution is 5.93. The Balaban J connectivity index is 2.68. The van der Waals surface area contributed by atoms with Gasteiger partial charge in [-0.25, -0.2) is 9.18 Å². The van der Waals surface area contributed by atoms with Gasteiger partial charge >= 0.3 is 5.97 Å². The van der Waals surface area contributed by atoms with Crippen molar-refractivity contribution in [1.82, 2.24) is 5.32 Å². The topological polar surface area (TPSA) is 66.4 Å². The van der Waals surface area contributed by atoms with Crippen LogP contribution in [0.15, 0.2) is 36.4 Å². The highest BCUT2D eigenvalue weighted by Crippen LogP contribution is 2.24. The molecule has 1 rings (SSSR count). The van der Waals surface area contributed by atoms with Gasteiger partial charge < -0.3 is 10.4 Å². The molecule has 0 spiro atoms. The lowest BCUT2D eigenvalue weighted by atomic mass is 9.84. The Morgan fingerprint density at radius 3 is 2.53 bits per heavy atom. The maximum absolute atomic E-state index is 13.7. The van der Waals surface area contributed by atoms with E-state index in [9.17, 15) is 14.0 Å². The average Bonchev–Trinajstić information content (AvgIpc) is 2.34. The maximum atomic E-state index is 13.7. The number of carbonyl (C=O) groups is 2. The van der Waals surface area contributed by atoms with E-state index >= 15 is 0 Å². The summed E-state index contributed by atoms with van der Waals surface area (Å²) in [4.78, 5) is 21.6. The van der Waals surface area contributed by atoms with Gasteiger partial charge in [0.2, 0.25) is 5.91 Å². The van der Waals surface area contributed by atoms with Crippen LogP contribution in [0, 0.1) is 5.82 Å². The van der Waals surface area contributed by atoms with Crippen molar-refractivity contribution in [3.8, 4) is 0 Å². The van der Waals surface area contributed by atoms with Crippen LogP contribution >= 0.6 is 0 Å². The molecule has 0 aliphatic heterocycles. The van der Waals surface area contributed by atoms with Gasteiger partial charge in [-0.15, -0.1) is 0 Å². The lowest BCUT2D eigenvalue weighted by Crippen LogP contribution is -2.36. The summed E-state index contributed by atoms with van der Waals surface area (Å²) < 4.78 is 13.7. The predicted molar refractivity (Wildman–Crippen MR) is 69.2 cm³/mol. The Hall–Kier alpha value is -2.17. The van der Waals surface area contributed by atoms with Gasteiger partial charge in [-0.05, 0) is 11.6 Å². The van der Waals surface area contributed by atoms with Gasteiger partial charge in [0.05, 0.1) is 0 Å². The van der Waals surface area contributed by atoms with Crippen molar-refractivity contribution in [2.45, 2.75) is 19.3 Å². The summed E-state index contributed by atoms with van der Waals surface area (Å²) in [5.41, 5.74) is -0.0876. The Morgan fingerprint density at radius 1 is 1.32 bits per heavy atom. The zero-order valence-electron chi connectivity index (χ0n) is 10.8. The zero-order valence-corrected chi connectivity index (χ0v) is 10.8. The first-order valence-electron chi connectivity index (χ1n) is 5.77. The minimum absolute atomic E-state index is 0.205. The molecule has 19 heavy (non-hydrogen) atoms. The van der Waals surface area contributed by atoms with Gasteiger partial charge in [0.1, 0.15) is 5.82 Å². The van der Waals surface area contributed by atoms with Crippen LogP contribution in [0.2, 0.25) is 0 Å². The average molecular weight is 265 g/mol. The minimum atomic E-state index is -1.19. The molecule has 0 atom stereocenters. The molecule has 1 aromatic rings. The molecule has 102 valence electrons. The van der Waals surface area contributed by atoms with Crippen LogP contribution in [0.4, 0.5) is 4.39 Å². The second-order valence-electron chi connectivity index (χ2n) is 4.75. The first-order valence-corrected chi connectivity index (χ1v) is 5.77. The summed E-state index contributed by atoms with van der Waals surface area (Å²) in [6.45, 7) is 3.80. The summed E-state index contributed by atoms with van der Waals surface area (Å²) in [6, 6.07) is 6.35. The number of halogens is 1. The number of rotatable bonds is 5. The smallest absolute Gasteiger partial charge is 0.328 e. The number of carboxylic acid groups (broad SMARTS) is 1. The molecule has 0 saturated carbocycles. The van der Waals surface area contributed by atoms with Crippen molar-refractivity contribution in [1.29, 1.82) is 0 Å². The molecule has 0 fully saturated rings. The summed E-state index contributed by atoms with van der Waals surface area (Å²) in [6.07, 6.45) is 1.69. The van der Waals surface area contributed by atoms with Gasteiger partial charge in [-0.2, -0.15) is 0 Å². The van der Waals surface area contributed by atoms with Crippen LogP contribution in [-0.4, -0.2) is 23.5 Å². The van der Waals surface area contributed by atoms with E-state index < -0.39 is 17.3 Å². The molecule has 4 nitrogen and oxygen atoms in total. The molecule has 0 bridgehead atoms. The number of carboxylic acids is 1. The normalized spacial score (nSPS) is 11.5. The number of benzene rings is 1. The quantitative estimate of drug-likeness (QED) is 0.799. The molecule has 5 heteroatoms. The minimum Gasteiger partial charge on any atom is -0.478 e. The number of amides is 1. The van der Waals surface area contributed by atoms with E-state index in [1.54, 1.807) is 32.0 Å². The summed E-state index contributed by atoms with van der Waals surface area (Å²) >= 11 is 0. The third-order valence-electron chi connectivity index (χ3n) is 2.68. The van der Waals surface area contributed by atoms with Crippen LogP contribution in [-0.2, 0) is 15.0 Å². The Labute approximate surface area is 110 Å². The summed E-state index contributed by atoms with van der Waals surface area (Å²) in [5.74, 6) is -2.04. The van der Waals surface area contributed by atoms with E-state index in [0.717, 1.165) is 12.2 Å². The number of aliphatic carboxylic acids is 1. The van der Waals surface area contributed by atoms with E-state index in [0.29, 0.717) is 5.56 Å². The van der Waals surface area contributed by atoms with Crippen LogP contribution < -0.4 is 5.32 Å². The summed E-state index contributed by atoms with van der Waals surface area (Å²) in [5, 5.41) is 10.9. The van der Waals surface area contributed by atoms with Crippen molar-refractivity contribution in [2.24, 2.45) is 0 Å². The molecule has 0 aliphatic rings. The lowest BCUT2D eigenvalue weighted by molar-refractivity contribution is -0.131. The fourth-order valence-electron chi connectivity index (χ4n) is 1.62. The van der Waals surface area contributed by atoms with E-state index in [1.807, 2.05) is 0 Å². The van der Waals surface area contributed by atoms with Crippen LogP contribution in [0.5, 0.6) is 0 Å². The number of hydrogen-bond donors (Lipinski definition) is 2. The number of hydrogen-bond acceptors (Lipinski definition) is 2. The van der Waals surface area contributed by atoms with Gasteiger partial charge in [-0.3, -0.25) is 4.79 Å². The maximum Gasteiger partial charge on any atom is 0.328 e. The van der Waals surface area contributed by atoms with E-state index in [4.69, 9.17) is 5.11 Å². The standard InChI is InChI=1S/C14H16FNO3/c1-14(2,10-5-3-4-6-11(10)15)9-16-12(17)7-8-13(18)19/h3-8H,9H2,1-2H3,(H,16,17)(H,18,19)/b8-7+. The first kappa shape index (κ1) is 14.9. The van der Waals surface area contributed by atoms with E-state index in [2.05, 4.69) is 5.32 Å². The van der Waals surface area contributed by atoms with Gasteiger partial charge in [-0.1, -0.05) is 32.0 Å².